The van der Waals surface area contributed by atoms with Crippen LogP contribution in [0.2, 0.25) is 0 Å². The minimum absolute atomic E-state index is 0.556. The minimum atomic E-state index is 0.556. The zero-order chi connectivity index (χ0) is 11.1. The van der Waals surface area contributed by atoms with E-state index >= 15 is 0 Å². The minimum Gasteiger partial charge on any atom is -0.451 e. The highest BCUT2D eigenvalue weighted by atomic mass is 16.5. The Morgan fingerprint density at radius 1 is 1.12 bits per heavy atom. The quantitative estimate of drug-likeness (QED) is 0.499. The molecular formula is C11H10N4O. The third-order valence-electron chi connectivity index (χ3n) is 2.43. The lowest BCUT2D eigenvalue weighted by atomic mass is 10.2. The highest BCUT2D eigenvalue weighted by molar-refractivity contribution is 5.83. The molecule has 1 aromatic heterocycles. The molecule has 1 aromatic carbocycles. The summed E-state index contributed by atoms with van der Waals surface area (Å²) in [5, 5.41) is 3.19. The molecule has 0 saturated carbocycles. The molecule has 0 fully saturated rings. The van der Waals surface area contributed by atoms with Gasteiger partial charge in [-0.25, -0.2) is 0 Å². The Kier molecular flexibility index (Phi) is 1.67. The van der Waals surface area contributed by atoms with Crippen LogP contribution >= 0.6 is 0 Å². The molecule has 2 heterocycles. The number of fused-ring (bicyclic) bond motifs is 2. The highest BCUT2D eigenvalue weighted by Gasteiger charge is 2.18. The molecule has 1 aliphatic heterocycles. The van der Waals surface area contributed by atoms with Gasteiger partial charge in [0.15, 0.2) is 11.5 Å². The summed E-state index contributed by atoms with van der Waals surface area (Å²) in [5.74, 6) is 1.29. The Bertz CT molecular complexity index is 568. The van der Waals surface area contributed by atoms with E-state index in [1.165, 1.54) is 0 Å². The first kappa shape index (κ1) is 8.84. The van der Waals surface area contributed by atoms with Crippen molar-refractivity contribution in [2.24, 2.45) is 0 Å². The SMILES string of the molecule is Nc1ccc2c(c1)Oc1cncc(N)c1N2. The lowest BCUT2D eigenvalue weighted by Gasteiger charge is -2.22. The average Bonchev–Trinajstić information content (AvgIpc) is 2.27. The third-order valence-corrected chi connectivity index (χ3v) is 2.43. The smallest absolute Gasteiger partial charge is 0.171 e. The van der Waals surface area contributed by atoms with Gasteiger partial charge in [0.25, 0.3) is 0 Å². The first-order valence-corrected chi connectivity index (χ1v) is 4.82. The van der Waals surface area contributed by atoms with E-state index in [1.54, 1.807) is 24.5 Å². The number of pyridine rings is 1. The van der Waals surface area contributed by atoms with Crippen LogP contribution in [-0.4, -0.2) is 4.98 Å². The van der Waals surface area contributed by atoms with Gasteiger partial charge < -0.3 is 21.5 Å². The Balaban J connectivity index is 2.13. The maximum Gasteiger partial charge on any atom is 0.171 e. The summed E-state index contributed by atoms with van der Waals surface area (Å²) < 4.78 is 5.65. The number of anilines is 4. The molecule has 0 amide bonds. The number of nitrogens with zero attached hydrogens (tertiary/aromatic N) is 1. The van der Waals surface area contributed by atoms with Crippen molar-refractivity contribution < 1.29 is 4.74 Å². The van der Waals surface area contributed by atoms with Gasteiger partial charge in [0.2, 0.25) is 0 Å². The summed E-state index contributed by atoms with van der Waals surface area (Å²) in [6.07, 6.45) is 3.20. The van der Waals surface area contributed by atoms with Crippen LogP contribution in [0.3, 0.4) is 0 Å². The van der Waals surface area contributed by atoms with Crippen molar-refractivity contribution in [1.29, 1.82) is 0 Å². The zero-order valence-electron chi connectivity index (χ0n) is 8.40. The van der Waals surface area contributed by atoms with Crippen molar-refractivity contribution in [2.75, 3.05) is 16.8 Å². The number of hydrogen-bond acceptors (Lipinski definition) is 5. The van der Waals surface area contributed by atoms with Gasteiger partial charge in [0.1, 0.15) is 5.69 Å². The third kappa shape index (κ3) is 1.22. The van der Waals surface area contributed by atoms with E-state index in [9.17, 15) is 0 Å². The van der Waals surface area contributed by atoms with Crippen LogP contribution in [0, 0.1) is 0 Å². The van der Waals surface area contributed by atoms with Crippen LogP contribution in [0.15, 0.2) is 30.6 Å². The molecule has 0 saturated heterocycles. The normalized spacial score (nSPS) is 12.0. The second-order valence-electron chi connectivity index (χ2n) is 3.58. The second-order valence-corrected chi connectivity index (χ2v) is 3.58. The van der Waals surface area contributed by atoms with Crippen LogP contribution < -0.4 is 21.5 Å². The summed E-state index contributed by atoms with van der Waals surface area (Å²) in [4.78, 5) is 3.97. The molecule has 1 aliphatic rings. The molecule has 5 nitrogen and oxygen atoms in total. The maximum absolute atomic E-state index is 5.80. The molecular weight excluding hydrogens is 204 g/mol. The van der Waals surface area contributed by atoms with Crippen molar-refractivity contribution in [3.63, 3.8) is 0 Å². The summed E-state index contributed by atoms with van der Waals surface area (Å²) in [7, 11) is 0. The summed E-state index contributed by atoms with van der Waals surface area (Å²) in [5.41, 5.74) is 14.3. The van der Waals surface area contributed by atoms with Crippen LogP contribution in [0.5, 0.6) is 11.5 Å². The standard InChI is InChI=1S/C11H10N4O/c12-6-1-2-8-9(3-6)16-10-5-14-4-7(13)11(10)15-8/h1-5,15H,12-13H2. The number of ether oxygens (including phenoxy) is 1. The Hall–Kier alpha value is -2.43. The molecule has 0 radical (unpaired) electrons. The van der Waals surface area contributed by atoms with Crippen molar-refractivity contribution in [3.8, 4) is 11.5 Å². The maximum atomic E-state index is 5.80. The number of rotatable bonds is 0. The Morgan fingerprint density at radius 3 is 2.88 bits per heavy atom. The first-order chi connectivity index (χ1) is 7.74. The second kappa shape index (κ2) is 3.03. The molecule has 5 heteroatoms. The number of nitrogen functional groups attached to an aromatic ring is 2. The monoisotopic (exact) mass is 214 g/mol. The molecule has 0 aliphatic carbocycles. The topological polar surface area (TPSA) is 86.2 Å². The van der Waals surface area contributed by atoms with Crippen LogP contribution in [0.25, 0.3) is 0 Å². The number of nitrogens with two attached hydrogens (primary N) is 2. The molecule has 0 atom stereocenters. The largest absolute Gasteiger partial charge is 0.451 e. The van der Waals surface area contributed by atoms with Gasteiger partial charge in [-0.3, -0.25) is 4.98 Å². The molecule has 0 bridgehead atoms. The van der Waals surface area contributed by atoms with E-state index in [-0.39, 0.29) is 0 Å². The fourth-order valence-corrected chi connectivity index (χ4v) is 1.65. The van der Waals surface area contributed by atoms with E-state index in [4.69, 9.17) is 16.2 Å². The lowest BCUT2D eigenvalue weighted by molar-refractivity contribution is 0.479. The molecule has 0 unspecified atom stereocenters. The summed E-state index contributed by atoms with van der Waals surface area (Å²) in [6, 6.07) is 5.42. The van der Waals surface area contributed by atoms with Crippen molar-refractivity contribution in [2.45, 2.75) is 0 Å². The Labute approximate surface area is 92.0 Å². The van der Waals surface area contributed by atoms with E-state index < -0.39 is 0 Å². The van der Waals surface area contributed by atoms with Gasteiger partial charge in [-0.15, -0.1) is 0 Å². The van der Waals surface area contributed by atoms with Gasteiger partial charge in [-0.05, 0) is 12.1 Å². The predicted molar refractivity (Wildman–Crippen MR) is 62.9 cm³/mol. The van der Waals surface area contributed by atoms with Crippen LogP contribution in [-0.2, 0) is 0 Å². The van der Waals surface area contributed by atoms with Gasteiger partial charge in [0, 0.05) is 11.8 Å². The van der Waals surface area contributed by atoms with E-state index in [1.807, 2.05) is 6.07 Å². The Morgan fingerprint density at radius 2 is 2.00 bits per heavy atom. The molecule has 2 aromatic rings. The molecule has 3 rings (SSSR count). The fraction of sp³-hybridized carbons (Fsp3) is 0. The fourth-order valence-electron chi connectivity index (χ4n) is 1.65. The van der Waals surface area contributed by atoms with E-state index in [0.29, 0.717) is 22.9 Å². The first-order valence-electron chi connectivity index (χ1n) is 4.82. The van der Waals surface area contributed by atoms with Gasteiger partial charge in [-0.1, -0.05) is 0 Å². The van der Waals surface area contributed by atoms with E-state index in [0.717, 1.165) is 11.4 Å². The van der Waals surface area contributed by atoms with Crippen molar-refractivity contribution >= 4 is 22.7 Å². The zero-order valence-corrected chi connectivity index (χ0v) is 8.40. The summed E-state index contributed by atoms with van der Waals surface area (Å²) >= 11 is 0. The lowest BCUT2D eigenvalue weighted by Crippen LogP contribution is -2.06. The average molecular weight is 214 g/mol. The van der Waals surface area contributed by atoms with Crippen molar-refractivity contribution in [3.05, 3.63) is 30.6 Å². The molecule has 5 N–H and O–H groups in total. The van der Waals surface area contributed by atoms with Crippen LogP contribution in [0.1, 0.15) is 0 Å². The van der Waals surface area contributed by atoms with Gasteiger partial charge >= 0.3 is 0 Å². The van der Waals surface area contributed by atoms with Crippen LogP contribution in [0.4, 0.5) is 22.7 Å². The molecule has 80 valence electrons. The molecule has 16 heavy (non-hydrogen) atoms. The van der Waals surface area contributed by atoms with Gasteiger partial charge in [-0.2, -0.15) is 0 Å². The predicted octanol–water partition coefficient (Wildman–Crippen LogP) is 2.10. The van der Waals surface area contributed by atoms with E-state index in [2.05, 4.69) is 10.3 Å². The number of nitrogens with one attached hydrogen (secondary N) is 1. The van der Waals surface area contributed by atoms with Gasteiger partial charge in [0.05, 0.1) is 23.8 Å². The number of hydrogen-bond donors (Lipinski definition) is 3. The number of benzene rings is 1. The highest BCUT2D eigenvalue weighted by Crippen LogP contribution is 2.44. The molecule has 0 spiro atoms. The van der Waals surface area contributed by atoms with Crippen molar-refractivity contribution in [1.82, 2.24) is 4.98 Å². The summed E-state index contributed by atoms with van der Waals surface area (Å²) in [6.45, 7) is 0. The number of aromatic nitrogens is 1.